The summed E-state index contributed by atoms with van der Waals surface area (Å²) < 4.78 is 14.8. The molecule has 15 heavy (non-hydrogen) atoms. The average Bonchev–Trinajstić information content (AvgIpc) is 1.55. The van der Waals surface area contributed by atoms with Crippen LogP contribution in [0.25, 0.3) is 0 Å². The number of hydrogen-bond acceptors (Lipinski definition) is 3. The van der Waals surface area contributed by atoms with Gasteiger partial charge < -0.3 is 40.7 Å². The van der Waals surface area contributed by atoms with Gasteiger partial charge in [-0.15, -0.1) is 0 Å². The van der Waals surface area contributed by atoms with E-state index < -0.39 is 7.82 Å². The minimum absolute atomic E-state index is 0. The van der Waals surface area contributed by atoms with Gasteiger partial charge in [0.05, 0.1) is 21.1 Å². The molecule has 0 spiro atoms. The van der Waals surface area contributed by atoms with Crippen molar-refractivity contribution in [2.45, 2.75) is 0 Å². The summed E-state index contributed by atoms with van der Waals surface area (Å²) >= 11 is 0. The molecule has 0 saturated carbocycles. The Kier molecular flexibility index (Phi) is 20.4. The van der Waals surface area contributed by atoms with Crippen molar-refractivity contribution < 1.29 is 45.3 Å². The van der Waals surface area contributed by atoms with Crippen molar-refractivity contribution in [3.05, 3.63) is 0 Å². The van der Waals surface area contributed by atoms with Gasteiger partial charge in [-0.05, 0) is 0 Å². The van der Waals surface area contributed by atoms with Gasteiger partial charge in [-0.25, -0.2) is 0 Å². The molecule has 9 nitrogen and oxygen atoms in total. The van der Waals surface area contributed by atoms with Crippen molar-refractivity contribution in [3.8, 4) is 0 Å². The number of rotatable bonds is 4. The van der Waals surface area contributed by atoms with Crippen LogP contribution in [0, 0.1) is 0 Å². The summed E-state index contributed by atoms with van der Waals surface area (Å²) in [6.07, 6.45) is 0. The van der Waals surface area contributed by atoms with E-state index in [9.17, 15) is 9.46 Å². The summed E-state index contributed by atoms with van der Waals surface area (Å²) in [5, 5.41) is 0. The van der Waals surface area contributed by atoms with E-state index in [1.807, 2.05) is 21.1 Å². The van der Waals surface area contributed by atoms with Crippen molar-refractivity contribution in [1.29, 1.82) is 0 Å². The fraction of sp³-hybridized carbons (Fsp3) is 1.00. The molecular formula is C5H22NO8P. The number of phosphoric acid groups is 1. The molecule has 0 bridgehead atoms. The van der Waals surface area contributed by atoms with Crippen LogP contribution in [0.5, 0.6) is 0 Å². The lowest BCUT2D eigenvalue weighted by Crippen LogP contribution is -2.37. The minimum atomic E-state index is -4.51. The predicted octanol–water partition coefficient (Wildman–Crippen LogP) is -4.13. The van der Waals surface area contributed by atoms with Crippen molar-refractivity contribution >= 4 is 7.82 Å². The van der Waals surface area contributed by atoms with E-state index in [1.165, 1.54) is 0 Å². The number of likely N-dealkylation sites (N-methyl/N-ethyl adjacent to an activating group) is 1. The maximum Gasteiger partial charge on any atom is 0.265 e. The number of quaternary nitrogens is 1. The molecule has 0 radical (unpaired) electrons. The second kappa shape index (κ2) is 10.4. The lowest BCUT2D eigenvalue weighted by molar-refractivity contribution is -0.870. The van der Waals surface area contributed by atoms with E-state index in [0.29, 0.717) is 11.0 Å². The Balaban J connectivity index is -0.0000000833. The highest BCUT2D eigenvalue weighted by Crippen LogP contribution is 2.29. The summed E-state index contributed by atoms with van der Waals surface area (Å²) in [4.78, 5) is 18.3. The minimum Gasteiger partial charge on any atom is -0.756 e. The van der Waals surface area contributed by atoms with Crippen LogP contribution in [-0.4, -0.2) is 65.6 Å². The molecular weight excluding hydrogens is 233 g/mol. The van der Waals surface area contributed by atoms with Gasteiger partial charge in [0.25, 0.3) is 7.82 Å². The Hall–Kier alpha value is -0.0900. The first-order chi connectivity index (χ1) is 4.71. The molecule has 0 aliphatic rings. The first kappa shape index (κ1) is 29.4. The molecule has 1 unspecified atom stereocenters. The highest BCUT2D eigenvalue weighted by Gasteiger charge is 2.08. The molecule has 9 N–H and O–H groups in total. The van der Waals surface area contributed by atoms with Crippen molar-refractivity contribution in [2.24, 2.45) is 0 Å². The molecule has 0 saturated heterocycles. The third-order valence-electron chi connectivity index (χ3n) is 1.02. The molecule has 1 atom stereocenters. The normalized spacial score (nSPS) is 13.1. The molecule has 0 fully saturated rings. The van der Waals surface area contributed by atoms with E-state index in [2.05, 4.69) is 4.52 Å². The molecule has 10 heteroatoms. The zero-order valence-electron chi connectivity index (χ0n) is 8.98. The Bertz CT molecular complexity index is 163. The van der Waals surface area contributed by atoms with E-state index >= 15 is 0 Å². The maximum absolute atomic E-state index is 10.1. The van der Waals surface area contributed by atoms with Gasteiger partial charge >= 0.3 is 0 Å². The lowest BCUT2D eigenvalue weighted by atomic mass is 10.5. The second-order valence-electron chi connectivity index (χ2n) is 3.32. The summed E-state index contributed by atoms with van der Waals surface area (Å²) in [5.74, 6) is 0. The Labute approximate surface area is 88.3 Å². The maximum atomic E-state index is 10.1. The molecule has 0 rings (SSSR count). The van der Waals surface area contributed by atoms with E-state index in [4.69, 9.17) is 4.89 Å². The van der Waals surface area contributed by atoms with Gasteiger partial charge in [-0.3, -0.25) is 4.57 Å². The largest absolute Gasteiger partial charge is 0.756 e. The van der Waals surface area contributed by atoms with Crippen LogP contribution < -0.4 is 4.89 Å². The molecule has 0 aliphatic heterocycles. The quantitative estimate of drug-likeness (QED) is 0.393. The Morgan fingerprint density at radius 1 is 1.20 bits per heavy atom. The van der Waals surface area contributed by atoms with E-state index in [1.54, 1.807) is 0 Å². The van der Waals surface area contributed by atoms with Gasteiger partial charge in [0.1, 0.15) is 13.2 Å². The standard InChI is InChI=1S/C5H14NO4P.4H2O/c1-6(2,3)4-5-10-11(7,8)9;;;;/h4-5H2,1-3H3,(H-,7,8,9);4*1H2. The lowest BCUT2D eigenvalue weighted by Gasteiger charge is -2.25. The van der Waals surface area contributed by atoms with Gasteiger partial charge in [0.2, 0.25) is 0 Å². The number of nitrogens with zero attached hydrogens (tertiary/aromatic N) is 1. The first-order valence-corrected chi connectivity index (χ1v) is 4.69. The van der Waals surface area contributed by atoms with Crippen LogP contribution in [-0.2, 0) is 9.09 Å². The monoisotopic (exact) mass is 255 g/mol. The molecule has 0 amide bonds. The van der Waals surface area contributed by atoms with Crippen LogP contribution in [0.3, 0.4) is 0 Å². The number of hydrogen-bond donors (Lipinski definition) is 1. The third kappa shape index (κ3) is 31.5. The zero-order chi connectivity index (χ0) is 9.12. The second-order valence-corrected chi connectivity index (χ2v) is 4.51. The van der Waals surface area contributed by atoms with Crippen LogP contribution in [0.4, 0.5) is 0 Å². The summed E-state index contributed by atoms with van der Waals surface area (Å²) in [6, 6.07) is 0. The SMILES string of the molecule is C[N+](C)(C)CCOP(=O)([O-])O.O.O.O.O. The fourth-order valence-corrected chi connectivity index (χ4v) is 0.742. The van der Waals surface area contributed by atoms with Crippen LogP contribution in [0.15, 0.2) is 0 Å². The summed E-state index contributed by atoms with van der Waals surface area (Å²) in [6.45, 7) is 0.549. The third-order valence-corrected chi connectivity index (χ3v) is 1.53. The summed E-state index contributed by atoms with van der Waals surface area (Å²) in [7, 11) is 1.19. The van der Waals surface area contributed by atoms with Crippen LogP contribution in [0.1, 0.15) is 0 Å². The van der Waals surface area contributed by atoms with Gasteiger partial charge in [0.15, 0.2) is 0 Å². The molecule has 0 aliphatic carbocycles. The smallest absolute Gasteiger partial charge is 0.265 e. The van der Waals surface area contributed by atoms with E-state index in [-0.39, 0.29) is 28.5 Å². The summed E-state index contributed by atoms with van der Waals surface area (Å²) in [5.41, 5.74) is 0. The van der Waals surface area contributed by atoms with Crippen molar-refractivity contribution in [3.63, 3.8) is 0 Å². The van der Waals surface area contributed by atoms with Crippen LogP contribution in [0.2, 0.25) is 0 Å². The molecule has 100 valence electrons. The fourth-order valence-electron chi connectivity index (χ4n) is 0.430. The molecule has 0 aromatic carbocycles. The van der Waals surface area contributed by atoms with Gasteiger partial charge in [0, 0.05) is 0 Å². The Morgan fingerprint density at radius 2 is 1.53 bits per heavy atom. The van der Waals surface area contributed by atoms with Gasteiger partial charge in [-0.2, -0.15) is 0 Å². The van der Waals surface area contributed by atoms with Crippen molar-refractivity contribution in [2.75, 3.05) is 34.3 Å². The molecule has 0 aromatic heterocycles. The van der Waals surface area contributed by atoms with E-state index in [0.717, 1.165) is 0 Å². The highest BCUT2D eigenvalue weighted by atomic mass is 31.2. The molecule has 0 heterocycles. The van der Waals surface area contributed by atoms with Crippen LogP contribution >= 0.6 is 7.82 Å². The topological polar surface area (TPSA) is 196 Å². The highest BCUT2D eigenvalue weighted by molar-refractivity contribution is 7.44. The predicted molar refractivity (Wildman–Crippen MR) is 53.1 cm³/mol. The first-order valence-electron chi connectivity index (χ1n) is 3.19. The Morgan fingerprint density at radius 3 is 1.73 bits per heavy atom. The van der Waals surface area contributed by atoms with Crippen molar-refractivity contribution in [1.82, 2.24) is 0 Å². The zero-order valence-corrected chi connectivity index (χ0v) is 9.88. The molecule has 0 aromatic rings. The number of phosphoric ester groups is 1. The average molecular weight is 255 g/mol. The van der Waals surface area contributed by atoms with Gasteiger partial charge in [-0.1, -0.05) is 0 Å².